The molecule has 5 amide bonds. The number of hydrogen-bond acceptors (Lipinski definition) is 8. The summed E-state index contributed by atoms with van der Waals surface area (Å²) in [5, 5.41) is 23.0. The molecular formula is C18H30N6O8. The van der Waals surface area contributed by atoms with Crippen LogP contribution < -0.4 is 27.8 Å². The van der Waals surface area contributed by atoms with Crippen molar-refractivity contribution in [1.29, 1.82) is 0 Å². The molecular weight excluding hydrogens is 428 g/mol. The third kappa shape index (κ3) is 8.11. The van der Waals surface area contributed by atoms with Gasteiger partial charge in [0.2, 0.25) is 29.5 Å². The van der Waals surface area contributed by atoms with Crippen LogP contribution in [0, 0.1) is 0 Å². The fourth-order valence-electron chi connectivity index (χ4n) is 3.23. The molecule has 0 aromatic rings. The maximum atomic E-state index is 12.8. The smallest absolute Gasteiger partial charge is 0.326 e. The molecule has 4 atom stereocenters. The summed E-state index contributed by atoms with van der Waals surface area (Å²) in [6, 6.07) is -4.92. The van der Waals surface area contributed by atoms with Crippen LogP contribution in [0.1, 0.15) is 38.5 Å². The quantitative estimate of drug-likeness (QED) is 0.141. The molecule has 0 saturated carbocycles. The summed E-state index contributed by atoms with van der Waals surface area (Å²) < 4.78 is 0. The highest BCUT2D eigenvalue weighted by Gasteiger charge is 2.37. The Morgan fingerprint density at radius 3 is 2.03 bits per heavy atom. The zero-order chi connectivity index (χ0) is 24.4. The Morgan fingerprint density at radius 1 is 0.969 bits per heavy atom. The first-order valence-corrected chi connectivity index (χ1v) is 10.0. The van der Waals surface area contributed by atoms with E-state index in [2.05, 4.69) is 10.6 Å². The first kappa shape index (κ1) is 26.8. The molecule has 14 nitrogen and oxygen atoms in total. The minimum absolute atomic E-state index is 0.216. The predicted molar refractivity (Wildman–Crippen MR) is 108 cm³/mol. The number of nitrogens with zero attached hydrogens (tertiary/aromatic N) is 1. The van der Waals surface area contributed by atoms with Crippen LogP contribution in [0.15, 0.2) is 0 Å². The van der Waals surface area contributed by atoms with Crippen molar-refractivity contribution in [2.24, 2.45) is 17.2 Å². The normalized spacial score (nSPS) is 18.3. The van der Waals surface area contributed by atoms with Crippen molar-refractivity contribution in [1.82, 2.24) is 15.5 Å². The molecule has 4 unspecified atom stereocenters. The lowest BCUT2D eigenvalue weighted by molar-refractivity contribution is -0.143. The number of hydrogen-bond donors (Lipinski definition) is 7. The first-order chi connectivity index (χ1) is 15.0. The standard InChI is InChI=1S/C18H30N6O8/c19-9(8-25)17(30)24-7-1-2-12(24)16(29)22-10(3-5-13(20)26)15(28)23-11(18(31)32)4-6-14(21)27/h9-12,25H,1-8,19H2,(H2,20,26)(H2,21,27)(H,22,29)(H,23,28)(H,31,32). The number of rotatable bonds is 13. The van der Waals surface area contributed by atoms with Crippen LogP contribution in [0.4, 0.5) is 0 Å². The van der Waals surface area contributed by atoms with Crippen LogP contribution in [0.2, 0.25) is 0 Å². The SMILES string of the molecule is NC(=O)CCC(NC(=O)C(CCC(N)=O)NC(=O)C1CCCN1C(=O)C(N)CO)C(=O)O. The van der Waals surface area contributed by atoms with E-state index in [0.29, 0.717) is 6.42 Å². The highest BCUT2D eigenvalue weighted by molar-refractivity contribution is 5.94. The monoisotopic (exact) mass is 458 g/mol. The number of aliphatic carboxylic acids is 1. The Hall–Kier alpha value is -3.26. The van der Waals surface area contributed by atoms with Crippen molar-refractivity contribution in [2.75, 3.05) is 13.2 Å². The summed E-state index contributed by atoms with van der Waals surface area (Å²) in [6.45, 7) is -0.369. The number of carbonyl (C=O) groups excluding carboxylic acids is 5. The summed E-state index contributed by atoms with van der Waals surface area (Å²) in [7, 11) is 0. The molecule has 0 bridgehead atoms. The van der Waals surface area contributed by atoms with Crippen molar-refractivity contribution in [2.45, 2.75) is 62.7 Å². The molecule has 1 heterocycles. The maximum absolute atomic E-state index is 12.8. The summed E-state index contributed by atoms with van der Waals surface area (Å²) >= 11 is 0. The van der Waals surface area contributed by atoms with Gasteiger partial charge in [-0.1, -0.05) is 0 Å². The lowest BCUT2D eigenvalue weighted by Crippen LogP contribution is -2.57. The number of likely N-dealkylation sites (tertiary alicyclic amines) is 1. The fraction of sp³-hybridized carbons (Fsp3) is 0.667. The third-order valence-corrected chi connectivity index (χ3v) is 4.96. The van der Waals surface area contributed by atoms with Gasteiger partial charge in [-0.05, 0) is 25.7 Å². The van der Waals surface area contributed by atoms with E-state index in [4.69, 9.17) is 22.3 Å². The summed E-state index contributed by atoms with van der Waals surface area (Å²) in [5.74, 6) is -5.14. The molecule has 0 aliphatic carbocycles. The molecule has 1 fully saturated rings. The lowest BCUT2D eigenvalue weighted by atomic mass is 10.1. The topological polar surface area (TPSA) is 248 Å². The fourth-order valence-corrected chi connectivity index (χ4v) is 3.23. The summed E-state index contributed by atoms with van der Waals surface area (Å²) in [6.07, 6.45) is -0.271. The molecule has 32 heavy (non-hydrogen) atoms. The molecule has 1 aliphatic rings. The molecule has 0 radical (unpaired) electrons. The maximum Gasteiger partial charge on any atom is 0.326 e. The largest absolute Gasteiger partial charge is 0.480 e. The number of aliphatic hydroxyl groups excluding tert-OH is 1. The van der Waals surface area contributed by atoms with Gasteiger partial charge in [-0.25, -0.2) is 4.79 Å². The van der Waals surface area contributed by atoms with Crippen LogP contribution in [0.3, 0.4) is 0 Å². The van der Waals surface area contributed by atoms with Gasteiger partial charge in [-0.3, -0.25) is 24.0 Å². The highest BCUT2D eigenvalue weighted by atomic mass is 16.4. The van der Waals surface area contributed by atoms with Gasteiger partial charge in [0.1, 0.15) is 24.2 Å². The van der Waals surface area contributed by atoms with Gasteiger partial charge in [0.05, 0.1) is 6.61 Å². The number of amides is 5. The Balaban J connectivity index is 2.93. The molecule has 14 heteroatoms. The number of aliphatic hydroxyl groups is 1. The first-order valence-electron chi connectivity index (χ1n) is 10.0. The van der Waals surface area contributed by atoms with E-state index in [1.165, 1.54) is 4.90 Å². The average Bonchev–Trinajstić information content (AvgIpc) is 3.21. The molecule has 10 N–H and O–H groups in total. The zero-order valence-electron chi connectivity index (χ0n) is 17.5. The Morgan fingerprint density at radius 2 is 1.53 bits per heavy atom. The van der Waals surface area contributed by atoms with Gasteiger partial charge in [0.25, 0.3) is 0 Å². The van der Waals surface area contributed by atoms with Gasteiger partial charge in [-0.2, -0.15) is 0 Å². The second-order valence-electron chi connectivity index (χ2n) is 7.45. The number of carboxylic acid groups (broad SMARTS) is 1. The molecule has 1 rings (SSSR count). The molecule has 0 aromatic heterocycles. The third-order valence-electron chi connectivity index (χ3n) is 4.96. The zero-order valence-corrected chi connectivity index (χ0v) is 17.5. The molecule has 0 aromatic carbocycles. The Kier molecular flexibility index (Phi) is 10.5. The van der Waals surface area contributed by atoms with E-state index in [0.717, 1.165) is 0 Å². The molecule has 0 spiro atoms. The minimum atomic E-state index is -1.45. The Bertz CT molecular complexity index is 745. The van der Waals surface area contributed by atoms with Gasteiger partial charge >= 0.3 is 5.97 Å². The second-order valence-corrected chi connectivity index (χ2v) is 7.45. The van der Waals surface area contributed by atoms with E-state index < -0.39 is 66.3 Å². The molecule has 180 valence electrons. The van der Waals surface area contributed by atoms with Crippen molar-refractivity contribution >= 4 is 35.5 Å². The highest BCUT2D eigenvalue weighted by Crippen LogP contribution is 2.19. The van der Waals surface area contributed by atoms with Crippen molar-refractivity contribution in [3.05, 3.63) is 0 Å². The van der Waals surface area contributed by atoms with Crippen molar-refractivity contribution < 1.29 is 39.0 Å². The lowest BCUT2D eigenvalue weighted by Gasteiger charge is -2.28. The van der Waals surface area contributed by atoms with E-state index in [1.54, 1.807) is 0 Å². The summed E-state index contributed by atoms with van der Waals surface area (Å²) in [5.41, 5.74) is 15.7. The number of nitrogens with two attached hydrogens (primary N) is 3. The van der Waals surface area contributed by atoms with Crippen LogP contribution in [0.5, 0.6) is 0 Å². The van der Waals surface area contributed by atoms with Crippen LogP contribution >= 0.6 is 0 Å². The van der Waals surface area contributed by atoms with Gasteiger partial charge in [0, 0.05) is 19.4 Å². The average molecular weight is 458 g/mol. The van der Waals surface area contributed by atoms with Crippen LogP contribution in [-0.2, 0) is 28.8 Å². The van der Waals surface area contributed by atoms with E-state index in [9.17, 15) is 33.9 Å². The van der Waals surface area contributed by atoms with Gasteiger partial charge < -0.3 is 42.9 Å². The number of carbonyl (C=O) groups is 6. The second kappa shape index (κ2) is 12.6. The van der Waals surface area contributed by atoms with Gasteiger partial charge in [-0.15, -0.1) is 0 Å². The predicted octanol–water partition coefficient (Wildman–Crippen LogP) is -4.12. The van der Waals surface area contributed by atoms with E-state index in [-0.39, 0.29) is 38.6 Å². The number of carboxylic acids is 1. The van der Waals surface area contributed by atoms with Gasteiger partial charge in [0.15, 0.2) is 0 Å². The van der Waals surface area contributed by atoms with Crippen LogP contribution in [0.25, 0.3) is 0 Å². The van der Waals surface area contributed by atoms with E-state index >= 15 is 0 Å². The number of primary amides is 2. The summed E-state index contributed by atoms with van der Waals surface area (Å²) in [4.78, 5) is 72.4. The van der Waals surface area contributed by atoms with E-state index in [1.807, 2.05) is 0 Å². The number of nitrogens with one attached hydrogen (secondary N) is 2. The van der Waals surface area contributed by atoms with Crippen molar-refractivity contribution in [3.8, 4) is 0 Å². The molecule has 1 aliphatic heterocycles. The Labute approximate surface area is 183 Å². The minimum Gasteiger partial charge on any atom is -0.480 e. The molecule has 1 saturated heterocycles. The van der Waals surface area contributed by atoms with Crippen molar-refractivity contribution in [3.63, 3.8) is 0 Å². The van der Waals surface area contributed by atoms with Crippen LogP contribution in [-0.4, -0.2) is 87.9 Å².